The second kappa shape index (κ2) is 7.43. The van der Waals surface area contributed by atoms with Gasteiger partial charge in [0.05, 0.1) is 5.60 Å². The molecule has 1 heterocycles. The molecule has 4 heteroatoms. The molecule has 0 aromatic rings. The Kier molecular flexibility index (Phi) is 6.57. The summed E-state index contributed by atoms with van der Waals surface area (Å²) in [7, 11) is 3.95. The Labute approximate surface area is 112 Å². The highest BCUT2D eigenvalue weighted by Gasteiger charge is 2.26. The monoisotopic (exact) mass is 258 g/mol. The Morgan fingerprint density at radius 1 is 1.39 bits per heavy atom. The van der Waals surface area contributed by atoms with Gasteiger partial charge in [-0.25, -0.2) is 0 Å². The maximum atomic E-state index is 5.92. The van der Waals surface area contributed by atoms with Crippen LogP contribution in [0.25, 0.3) is 0 Å². The lowest BCUT2D eigenvalue weighted by Crippen LogP contribution is -2.45. The zero-order chi connectivity index (χ0) is 13.6. The third-order valence-corrected chi connectivity index (χ3v) is 4.06. The molecule has 1 fully saturated rings. The van der Waals surface area contributed by atoms with E-state index in [0.717, 1.165) is 32.1 Å². The van der Waals surface area contributed by atoms with Gasteiger partial charge in [-0.2, -0.15) is 0 Å². The van der Waals surface area contributed by atoms with Crippen molar-refractivity contribution in [1.82, 2.24) is 4.90 Å². The van der Waals surface area contributed by atoms with E-state index >= 15 is 0 Å². The van der Waals surface area contributed by atoms with Gasteiger partial charge in [0.1, 0.15) is 0 Å². The van der Waals surface area contributed by atoms with Gasteiger partial charge in [0.2, 0.25) is 0 Å². The molecule has 1 saturated heterocycles. The van der Waals surface area contributed by atoms with Gasteiger partial charge in [-0.1, -0.05) is 0 Å². The molecule has 0 spiro atoms. The topological polar surface area (TPSA) is 47.7 Å². The molecule has 0 aliphatic carbocycles. The van der Waals surface area contributed by atoms with Crippen LogP contribution in [-0.2, 0) is 9.47 Å². The number of hydrogen-bond donors (Lipinski definition) is 1. The van der Waals surface area contributed by atoms with E-state index in [9.17, 15) is 0 Å². The van der Waals surface area contributed by atoms with Gasteiger partial charge in [-0.05, 0) is 46.1 Å². The van der Waals surface area contributed by atoms with E-state index in [2.05, 4.69) is 25.8 Å². The molecule has 0 amide bonds. The average Bonchev–Trinajstić information content (AvgIpc) is 2.37. The Balaban J connectivity index is 2.42. The Morgan fingerprint density at radius 3 is 2.50 bits per heavy atom. The van der Waals surface area contributed by atoms with Crippen LogP contribution in [0.5, 0.6) is 0 Å². The minimum Gasteiger partial charge on any atom is -0.381 e. The van der Waals surface area contributed by atoms with Gasteiger partial charge >= 0.3 is 0 Å². The van der Waals surface area contributed by atoms with Gasteiger partial charge in [0, 0.05) is 39.5 Å². The van der Waals surface area contributed by atoms with Crippen LogP contribution in [0.4, 0.5) is 0 Å². The van der Waals surface area contributed by atoms with Gasteiger partial charge in [-0.15, -0.1) is 0 Å². The van der Waals surface area contributed by atoms with Crippen molar-refractivity contribution in [2.24, 2.45) is 11.7 Å². The van der Waals surface area contributed by atoms with E-state index in [0.29, 0.717) is 12.6 Å². The first-order chi connectivity index (χ1) is 8.48. The average molecular weight is 258 g/mol. The van der Waals surface area contributed by atoms with Gasteiger partial charge in [-0.3, -0.25) is 0 Å². The summed E-state index contributed by atoms with van der Waals surface area (Å²) in [5.41, 5.74) is 5.82. The van der Waals surface area contributed by atoms with Crippen molar-refractivity contribution in [2.45, 2.75) is 44.8 Å². The summed E-state index contributed by atoms with van der Waals surface area (Å²) < 4.78 is 10.9. The second-order valence-electron chi connectivity index (χ2n) is 6.05. The van der Waals surface area contributed by atoms with Crippen LogP contribution in [0.1, 0.15) is 33.1 Å². The molecular formula is C14H30N2O2. The quantitative estimate of drug-likeness (QED) is 0.751. The molecule has 18 heavy (non-hydrogen) atoms. The molecule has 0 radical (unpaired) electrons. The second-order valence-corrected chi connectivity index (χ2v) is 6.05. The summed E-state index contributed by atoms with van der Waals surface area (Å²) in [6.45, 7) is 7.87. The molecule has 1 aliphatic heterocycles. The van der Waals surface area contributed by atoms with Crippen molar-refractivity contribution >= 4 is 0 Å². The van der Waals surface area contributed by atoms with E-state index < -0.39 is 0 Å². The molecule has 0 bridgehead atoms. The number of nitrogens with zero attached hydrogens (tertiary/aromatic N) is 1. The first-order valence-corrected chi connectivity index (χ1v) is 7.01. The lowest BCUT2D eigenvalue weighted by Gasteiger charge is -2.36. The van der Waals surface area contributed by atoms with Crippen LogP contribution in [-0.4, -0.2) is 57.0 Å². The summed E-state index contributed by atoms with van der Waals surface area (Å²) >= 11 is 0. The van der Waals surface area contributed by atoms with Crippen LogP contribution < -0.4 is 5.73 Å². The SMILES string of the molecule is COC(C)(C)CC(CN)N(C)CC1CCOCC1. The third kappa shape index (κ3) is 5.22. The van der Waals surface area contributed by atoms with E-state index in [4.69, 9.17) is 15.2 Å². The predicted molar refractivity (Wildman–Crippen MR) is 74.7 cm³/mol. The minimum absolute atomic E-state index is 0.103. The largest absolute Gasteiger partial charge is 0.381 e. The maximum absolute atomic E-state index is 5.92. The highest BCUT2D eigenvalue weighted by molar-refractivity contribution is 4.81. The molecular weight excluding hydrogens is 228 g/mol. The third-order valence-electron chi connectivity index (χ3n) is 4.06. The molecule has 4 nitrogen and oxygen atoms in total. The molecule has 1 aliphatic rings. The van der Waals surface area contributed by atoms with E-state index in [1.54, 1.807) is 7.11 Å². The molecule has 0 aromatic carbocycles. The number of ether oxygens (including phenoxy) is 2. The molecule has 1 rings (SSSR count). The summed E-state index contributed by atoms with van der Waals surface area (Å²) in [6, 6.07) is 0.391. The fraction of sp³-hybridized carbons (Fsp3) is 1.00. The molecule has 1 unspecified atom stereocenters. The summed E-state index contributed by atoms with van der Waals surface area (Å²) in [6.07, 6.45) is 3.32. The predicted octanol–water partition coefficient (Wildman–Crippen LogP) is 1.49. The fourth-order valence-corrected chi connectivity index (χ4v) is 2.56. The van der Waals surface area contributed by atoms with Crippen LogP contribution in [0.2, 0.25) is 0 Å². The standard InChI is InChI=1S/C14H30N2O2/c1-14(2,17-4)9-13(10-15)16(3)11-12-5-7-18-8-6-12/h12-13H,5-11,15H2,1-4H3. The lowest BCUT2D eigenvalue weighted by molar-refractivity contribution is -0.00976. The maximum Gasteiger partial charge on any atom is 0.0638 e. The fourth-order valence-electron chi connectivity index (χ4n) is 2.56. The van der Waals surface area contributed by atoms with Crippen molar-refractivity contribution in [3.05, 3.63) is 0 Å². The van der Waals surface area contributed by atoms with Crippen LogP contribution >= 0.6 is 0 Å². The summed E-state index contributed by atoms with van der Waals surface area (Å²) in [4.78, 5) is 2.40. The number of rotatable bonds is 7. The minimum atomic E-state index is -0.103. The lowest BCUT2D eigenvalue weighted by atomic mass is 9.95. The van der Waals surface area contributed by atoms with Crippen molar-refractivity contribution in [3.63, 3.8) is 0 Å². The first-order valence-electron chi connectivity index (χ1n) is 7.01. The highest BCUT2D eigenvalue weighted by Crippen LogP contribution is 2.21. The van der Waals surface area contributed by atoms with Crippen molar-refractivity contribution in [1.29, 1.82) is 0 Å². The number of hydrogen-bond acceptors (Lipinski definition) is 4. The smallest absolute Gasteiger partial charge is 0.0638 e. The van der Waals surface area contributed by atoms with Gasteiger partial charge in [0.25, 0.3) is 0 Å². The Bertz CT molecular complexity index is 228. The van der Waals surface area contributed by atoms with Crippen molar-refractivity contribution in [2.75, 3.05) is 40.5 Å². The zero-order valence-corrected chi connectivity index (χ0v) is 12.4. The van der Waals surface area contributed by atoms with Crippen molar-refractivity contribution < 1.29 is 9.47 Å². The van der Waals surface area contributed by atoms with Crippen LogP contribution in [0.3, 0.4) is 0 Å². The van der Waals surface area contributed by atoms with Crippen LogP contribution in [0, 0.1) is 5.92 Å². The molecule has 0 saturated carbocycles. The number of likely N-dealkylation sites (N-methyl/N-ethyl adjacent to an activating group) is 1. The summed E-state index contributed by atoms with van der Waals surface area (Å²) in [5.74, 6) is 0.753. The zero-order valence-electron chi connectivity index (χ0n) is 12.4. The molecule has 2 N–H and O–H groups in total. The molecule has 0 aromatic heterocycles. The normalized spacial score (nSPS) is 20.3. The Hall–Kier alpha value is -0.160. The van der Waals surface area contributed by atoms with E-state index in [-0.39, 0.29) is 5.60 Å². The number of nitrogens with two attached hydrogens (primary N) is 1. The number of methoxy groups -OCH3 is 1. The molecule has 1 atom stereocenters. The van der Waals surface area contributed by atoms with Gasteiger partial charge in [0.15, 0.2) is 0 Å². The van der Waals surface area contributed by atoms with E-state index in [1.807, 2.05) is 0 Å². The van der Waals surface area contributed by atoms with Crippen LogP contribution in [0.15, 0.2) is 0 Å². The molecule has 108 valence electrons. The first kappa shape index (κ1) is 15.9. The van der Waals surface area contributed by atoms with E-state index in [1.165, 1.54) is 12.8 Å². The van der Waals surface area contributed by atoms with Crippen molar-refractivity contribution in [3.8, 4) is 0 Å². The highest BCUT2D eigenvalue weighted by atomic mass is 16.5. The Morgan fingerprint density at radius 2 is 2.00 bits per heavy atom. The summed E-state index contributed by atoms with van der Waals surface area (Å²) in [5, 5.41) is 0. The van der Waals surface area contributed by atoms with Gasteiger partial charge < -0.3 is 20.1 Å².